The van der Waals surface area contributed by atoms with Gasteiger partial charge in [0.2, 0.25) is 0 Å². The number of nitrogens with zero attached hydrogens (tertiary/aromatic N) is 5. The summed E-state index contributed by atoms with van der Waals surface area (Å²) in [4.78, 5) is 18.6. The Labute approximate surface area is 269 Å². The summed E-state index contributed by atoms with van der Waals surface area (Å²) >= 11 is 1.73. The van der Waals surface area contributed by atoms with Crippen molar-refractivity contribution in [3.05, 3.63) is 152 Å². The number of hydrogen-bond donors (Lipinski definition) is 0. The fourth-order valence-electron chi connectivity index (χ4n) is 6.27. The molecular formula is C40H25N5S. The van der Waals surface area contributed by atoms with E-state index in [1.165, 1.54) is 15.5 Å². The first-order chi connectivity index (χ1) is 22.8. The first-order valence-electron chi connectivity index (χ1n) is 15.1. The molecule has 0 amide bonds. The van der Waals surface area contributed by atoms with Crippen molar-refractivity contribution in [2.24, 2.45) is 0 Å². The Balaban J connectivity index is 1.27. The average molecular weight is 608 g/mol. The lowest BCUT2D eigenvalue weighted by molar-refractivity contribution is 1.18. The smallest absolute Gasteiger partial charge is 0.124 e. The maximum Gasteiger partial charge on any atom is 0.124 e. The summed E-state index contributed by atoms with van der Waals surface area (Å²) in [5, 5.41) is 3.41. The topological polar surface area (TPSA) is 56.5 Å². The quantitative estimate of drug-likeness (QED) is 0.195. The largest absolute Gasteiger partial charge is 0.309 e. The molecule has 5 heterocycles. The highest BCUT2D eigenvalue weighted by Gasteiger charge is 2.18. The van der Waals surface area contributed by atoms with E-state index in [0.29, 0.717) is 0 Å². The van der Waals surface area contributed by atoms with Gasteiger partial charge in [-0.2, -0.15) is 0 Å². The number of hydrogen-bond acceptors (Lipinski definition) is 5. The van der Waals surface area contributed by atoms with Gasteiger partial charge in [-0.25, -0.2) is 4.98 Å². The zero-order valence-electron chi connectivity index (χ0n) is 24.6. The monoisotopic (exact) mass is 607 g/mol. The van der Waals surface area contributed by atoms with Crippen molar-refractivity contribution in [2.75, 3.05) is 0 Å². The van der Waals surface area contributed by atoms with Gasteiger partial charge in [0, 0.05) is 75.1 Å². The van der Waals surface area contributed by atoms with E-state index in [0.717, 1.165) is 66.3 Å². The van der Waals surface area contributed by atoms with Crippen LogP contribution in [0.5, 0.6) is 0 Å². The molecule has 0 N–H and O–H groups in total. The summed E-state index contributed by atoms with van der Waals surface area (Å²) in [6, 6.07) is 42.6. The number of fused-ring (bicyclic) bond motifs is 4. The Morgan fingerprint density at radius 2 is 1.26 bits per heavy atom. The van der Waals surface area contributed by atoms with Crippen LogP contribution in [0.1, 0.15) is 0 Å². The van der Waals surface area contributed by atoms with Crippen molar-refractivity contribution in [3.63, 3.8) is 0 Å². The van der Waals surface area contributed by atoms with Gasteiger partial charge in [-0.3, -0.25) is 15.0 Å². The van der Waals surface area contributed by atoms with Crippen molar-refractivity contribution < 1.29 is 0 Å². The molecule has 0 fully saturated rings. The van der Waals surface area contributed by atoms with Crippen molar-refractivity contribution in [1.82, 2.24) is 24.5 Å². The van der Waals surface area contributed by atoms with E-state index in [1.54, 1.807) is 17.5 Å². The number of pyridine rings is 3. The van der Waals surface area contributed by atoms with Crippen LogP contribution in [0, 0.1) is 0 Å². The standard InChI is InChI=1S/C40H25N5S/c1-3-11-36-32(9-1)33-17-14-27(40-44-35-10-2-4-12-39(35)46-40)22-38(33)45(36)37-21-26(13-16-31(37)30-8-6-20-42-24-30)34-18-15-29(25-43-34)28-7-5-19-41-23-28/h1-25H. The van der Waals surface area contributed by atoms with Crippen LogP contribution in [0.25, 0.3) is 81.8 Å². The molecule has 5 nitrogen and oxygen atoms in total. The molecule has 0 radical (unpaired) electrons. The summed E-state index contributed by atoms with van der Waals surface area (Å²) in [7, 11) is 0. The molecule has 5 aromatic heterocycles. The third-order valence-electron chi connectivity index (χ3n) is 8.48. The number of rotatable bonds is 5. The van der Waals surface area contributed by atoms with Crippen molar-refractivity contribution in [1.29, 1.82) is 0 Å². The predicted octanol–water partition coefficient (Wildman–Crippen LogP) is 10.2. The first-order valence-corrected chi connectivity index (χ1v) is 15.9. The second-order valence-electron chi connectivity index (χ2n) is 11.2. The summed E-state index contributed by atoms with van der Waals surface area (Å²) < 4.78 is 3.57. The van der Waals surface area contributed by atoms with Crippen LogP contribution in [0.4, 0.5) is 0 Å². The fourth-order valence-corrected chi connectivity index (χ4v) is 7.23. The molecule has 6 heteroatoms. The molecule has 0 aliphatic heterocycles. The van der Waals surface area contributed by atoms with Crippen LogP contribution in [-0.4, -0.2) is 24.5 Å². The van der Waals surface area contributed by atoms with Crippen LogP contribution in [0.3, 0.4) is 0 Å². The number of thiazole rings is 1. The normalized spacial score (nSPS) is 11.5. The highest BCUT2D eigenvalue weighted by molar-refractivity contribution is 7.21. The Morgan fingerprint density at radius 1 is 0.522 bits per heavy atom. The predicted molar refractivity (Wildman–Crippen MR) is 189 cm³/mol. The number of benzene rings is 4. The van der Waals surface area contributed by atoms with Gasteiger partial charge in [0.1, 0.15) is 5.01 Å². The molecule has 0 aliphatic rings. The molecule has 0 bridgehead atoms. The highest BCUT2D eigenvalue weighted by Crippen LogP contribution is 2.40. The van der Waals surface area contributed by atoms with Gasteiger partial charge < -0.3 is 4.57 Å². The molecule has 0 unspecified atom stereocenters. The van der Waals surface area contributed by atoms with Crippen molar-refractivity contribution >= 4 is 43.4 Å². The number of aromatic nitrogens is 5. The highest BCUT2D eigenvalue weighted by atomic mass is 32.1. The van der Waals surface area contributed by atoms with E-state index in [4.69, 9.17) is 9.97 Å². The molecule has 0 aliphatic carbocycles. The van der Waals surface area contributed by atoms with Crippen LogP contribution in [0.15, 0.2) is 152 Å². The second kappa shape index (κ2) is 10.9. The lowest BCUT2D eigenvalue weighted by Crippen LogP contribution is -1.99. The minimum Gasteiger partial charge on any atom is -0.309 e. The Bertz CT molecular complexity index is 2480. The van der Waals surface area contributed by atoms with E-state index in [-0.39, 0.29) is 0 Å². The maximum absolute atomic E-state index is 4.98. The average Bonchev–Trinajstić information content (AvgIpc) is 3.71. The van der Waals surface area contributed by atoms with Crippen LogP contribution in [0.2, 0.25) is 0 Å². The molecule has 0 spiro atoms. The van der Waals surface area contributed by atoms with Gasteiger partial charge in [-0.05, 0) is 48.5 Å². The third-order valence-corrected chi connectivity index (χ3v) is 9.57. The number of para-hydroxylation sites is 2. The van der Waals surface area contributed by atoms with Crippen LogP contribution in [-0.2, 0) is 0 Å². The third kappa shape index (κ3) is 4.47. The molecular weight excluding hydrogens is 583 g/mol. The Hall–Kier alpha value is -5.98. The van der Waals surface area contributed by atoms with Gasteiger partial charge in [0.25, 0.3) is 0 Å². The van der Waals surface area contributed by atoms with Crippen LogP contribution >= 0.6 is 11.3 Å². The van der Waals surface area contributed by atoms with Crippen molar-refractivity contribution in [3.8, 4) is 49.8 Å². The minimum absolute atomic E-state index is 0.905. The molecule has 4 aromatic carbocycles. The molecule has 0 saturated heterocycles. The zero-order valence-corrected chi connectivity index (χ0v) is 25.4. The lowest BCUT2D eigenvalue weighted by atomic mass is 10.00. The van der Waals surface area contributed by atoms with Gasteiger partial charge >= 0.3 is 0 Å². The molecule has 46 heavy (non-hydrogen) atoms. The zero-order chi connectivity index (χ0) is 30.5. The van der Waals surface area contributed by atoms with E-state index in [1.807, 2.05) is 43.0 Å². The second-order valence-corrected chi connectivity index (χ2v) is 12.2. The molecule has 0 saturated carbocycles. The molecule has 9 aromatic rings. The van der Waals surface area contributed by atoms with Crippen molar-refractivity contribution in [2.45, 2.75) is 0 Å². The van der Waals surface area contributed by atoms with E-state index >= 15 is 0 Å². The van der Waals surface area contributed by atoms with E-state index in [2.05, 4.69) is 118 Å². The molecule has 0 atom stereocenters. The SMILES string of the molecule is c1cncc(-c2ccc(-c3ccc(-c4cccnc4)c(-n4c5ccccc5c5ccc(-c6nc7ccccc7s6)cc54)c3)nc2)c1. The fraction of sp³-hybridized carbons (Fsp3) is 0. The van der Waals surface area contributed by atoms with Gasteiger partial charge in [-0.1, -0.05) is 72.8 Å². The summed E-state index contributed by atoms with van der Waals surface area (Å²) in [6.07, 6.45) is 9.32. The summed E-state index contributed by atoms with van der Waals surface area (Å²) in [6.45, 7) is 0. The summed E-state index contributed by atoms with van der Waals surface area (Å²) in [5.41, 5.74) is 11.6. The first kappa shape index (κ1) is 26.4. The van der Waals surface area contributed by atoms with Gasteiger partial charge in [0.15, 0.2) is 0 Å². The van der Waals surface area contributed by atoms with Crippen LogP contribution < -0.4 is 0 Å². The minimum atomic E-state index is 0.905. The molecule has 216 valence electrons. The molecule has 9 rings (SSSR count). The van der Waals surface area contributed by atoms with E-state index in [9.17, 15) is 0 Å². The Morgan fingerprint density at radius 3 is 2.07 bits per heavy atom. The summed E-state index contributed by atoms with van der Waals surface area (Å²) in [5.74, 6) is 0. The van der Waals surface area contributed by atoms with Gasteiger partial charge in [-0.15, -0.1) is 11.3 Å². The maximum atomic E-state index is 4.98. The van der Waals surface area contributed by atoms with Gasteiger partial charge in [0.05, 0.1) is 32.6 Å². The van der Waals surface area contributed by atoms with E-state index < -0.39 is 0 Å². The lowest BCUT2D eigenvalue weighted by Gasteiger charge is -2.16. The Kier molecular flexibility index (Phi) is 6.25.